The highest BCUT2D eigenvalue weighted by Gasteiger charge is 2.35. The minimum absolute atomic E-state index is 0.0246. The van der Waals surface area contributed by atoms with Crippen LogP contribution in [-0.4, -0.2) is 50.4 Å². The molecule has 0 bridgehead atoms. The summed E-state index contributed by atoms with van der Waals surface area (Å²) < 4.78 is 36.3. The maximum atomic E-state index is 14.6. The molecule has 0 fully saturated rings. The number of hydrogen-bond acceptors (Lipinski definition) is 5. The number of sulfonamides is 1. The van der Waals surface area contributed by atoms with Crippen molar-refractivity contribution in [2.45, 2.75) is 57.1 Å². The van der Waals surface area contributed by atoms with Crippen LogP contribution in [0.5, 0.6) is 5.75 Å². The van der Waals surface area contributed by atoms with E-state index in [-0.39, 0.29) is 23.8 Å². The molecule has 47 heavy (non-hydrogen) atoms. The highest BCUT2D eigenvalue weighted by molar-refractivity contribution is 9.10. The summed E-state index contributed by atoms with van der Waals surface area (Å²) in [5, 5.41) is 3.05. The summed E-state index contributed by atoms with van der Waals surface area (Å²) in [5.74, 6) is -0.407. The third kappa shape index (κ3) is 9.68. The van der Waals surface area contributed by atoms with Gasteiger partial charge in [-0.25, -0.2) is 8.42 Å². The van der Waals surface area contributed by atoms with Crippen molar-refractivity contribution >= 4 is 59.4 Å². The van der Waals surface area contributed by atoms with Crippen molar-refractivity contribution in [3.63, 3.8) is 0 Å². The highest BCUT2D eigenvalue weighted by Crippen LogP contribution is 2.31. The van der Waals surface area contributed by atoms with E-state index in [9.17, 15) is 18.0 Å². The molecule has 0 aliphatic heterocycles. The molecule has 0 aliphatic rings. The van der Waals surface area contributed by atoms with Gasteiger partial charge in [-0.1, -0.05) is 76.1 Å². The topological polar surface area (TPSA) is 96.0 Å². The van der Waals surface area contributed by atoms with Gasteiger partial charge in [0.05, 0.1) is 22.2 Å². The predicted octanol–water partition coefficient (Wildman–Crippen LogP) is 7.28. The molecule has 0 heterocycles. The summed E-state index contributed by atoms with van der Waals surface area (Å²) in [4.78, 5) is 30.1. The number of anilines is 1. The van der Waals surface area contributed by atoms with E-state index in [0.29, 0.717) is 15.9 Å². The zero-order valence-corrected chi connectivity index (χ0v) is 31.0. The first-order chi connectivity index (χ1) is 22.2. The van der Waals surface area contributed by atoms with E-state index in [1.807, 2.05) is 82.3 Å². The highest BCUT2D eigenvalue weighted by atomic mass is 79.9. The van der Waals surface area contributed by atoms with Gasteiger partial charge in [0.1, 0.15) is 18.3 Å². The molecule has 0 aliphatic carbocycles. The Morgan fingerprint density at radius 3 is 2.13 bits per heavy atom. The van der Waals surface area contributed by atoms with Crippen LogP contribution in [0.15, 0.2) is 111 Å². The van der Waals surface area contributed by atoms with Crippen LogP contribution < -0.4 is 14.4 Å². The minimum atomic E-state index is -4.26. The van der Waals surface area contributed by atoms with Crippen molar-refractivity contribution < 1.29 is 22.7 Å². The molecule has 0 saturated heterocycles. The van der Waals surface area contributed by atoms with Crippen molar-refractivity contribution in [2.75, 3.05) is 18.0 Å². The number of benzene rings is 4. The number of aryl methyl sites for hydroxylation is 1. The first-order valence-electron chi connectivity index (χ1n) is 15.0. The van der Waals surface area contributed by atoms with Crippen molar-refractivity contribution in [2.24, 2.45) is 0 Å². The Balaban J connectivity index is 1.83. The second-order valence-electron chi connectivity index (χ2n) is 12.2. The van der Waals surface area contributed by atoms with Crippen molar-refractivity contribution in [3.8, 4) is 5.75 Å². The van der Waals surface area contributed by atoms with Crippen LogP contribution in [0.2, 0.25) is 0 Å². The molecule has 0 saturated carbocycles. The molecule has 11 heteroatoms. The van der Waals surface area contributed by atoms with Crippen molar-refractivity contribution in [1.29, 1.82) is 0 Å². The van der Waals surface area contributed by atoms with E-state index >= 15 is 0 Å². The average Bonchev–Trinajstić information content (AvgIpc) is 3.01. The second kappa shape index (κ2) is 15.5. The Labute approximate surface area is 294 Å². The van der Waals surface area contributed by atoms with Crippen LogP contribution in [0.1, 0.15) is 37.5 Å². The first kappa shape index (κ1) is 36.2. The number of hydrogen-bond donors (Lipinski definition) is 1. The van der Waals surface area contributed by atoms with E-state index in [1.54, 1.807) is 30.3 Å². The molecule has 4 aromatic carbocycles. The SMILES string of the molecule is COc1ccc(S(=O)(=O)N(CC(=O)N(Cc2cccc(Br)c2)[C@@H](Cc2ccccc2)C(=O)NC(C)(C)C)c2ccc(C)cc2)cc1Br. The van der Waals surface area contributed by atoms with Crippen molar-refractivity contribution in [1.82, 2.24) is 10.2 Å². The van der Waals surface area contributed by atoms with Crippen LogP contribution in [0.4, 0.5) is 5.69 Å². The molecule has 8 nitrogen and oxygen atoms in total. The van der Waals surface area contributed by atoms with Crippen molar-refractivity contribution in [3.05, 3.63) is 123 Å². The fraction of sp³-hybridized carbons (Fsp3) is 0.278. The third-order valence-corrected chi connectivity index (χ3v) is 10.2. The van der Waals surface area contributed by atoms with Gasteiger partial charge in [-0.05, 0) is 97.2 Å². The molecule has 2 amide bonds. The minimum Gasteiger partial charge on any atom is -0.496 e. The van der Waals surface area contributed by atoms with Gasteiger partial charge in [-0.15, -0.1) is 0 Å². The fourth-order valence-corrected chi connectivity index (χ4v) is 7.59. The number of ether oxygens (including phenoxy) is 1. The Bertz CT molecular complexity index is 1810. The molecule has 4 rings (SSSR count). The van der Waals surface area contributed by atoms with Crippen LogP contribution in [0.3, 0.4) is 0 Å². The summed E-state index contributed by atoms with van der Waals surface area (Å²) >= 11 is 6.90. The molecular weight excluding hydrogens is 746 g/mol. The van der Waals surface area contributed by atoms with Gasteiger partial charge in [0.2, 0.25) is 11.8 Å². The maximum Gasteiger partial charge on any atom is 0.264 e. The molecule has 1 atom stereocenters. The van der Waals surface area contributed by atoms with E-state index in [1.165, 1.54) is 24.1 Å². The first-order valence-corrected chi connectivity index (χ1v) is 18.0. The smallest absolute Gasteiger partial charge is 0.264 e. The predicted molar refractivity (Wildman–Crippen MR) is 193 cm³/mol. The molecule has 0 spiro atoms. The van der Waals surface area contributed by atoms with Gasteiger partial charge in [0.25, 0.3) is 10.0 Å². The Morgan fingerprint density at radius 1 is 0.872 bits per heavy atom. The number of rotatable bonds is 12. The quantitative estimate of drug-likeness (QED) is 0.163. The van der Waals surface area contributed by atoms with E-state index in [2.05, 4.69) is 37.2 Å². The van der Waals surface area contributed by atoms with E-state index in [0.717, 1.165) is 25.5 Å². The zero-order valence-electron chi connectivity index (χ0n) is 27.0. The lowest BCUT2D eigenvalue weighted by molar-refractivity contribution is -0.140. The van der Waals surface area contributed by atoms with Gasteiger partial charge in [-0.3, -0.25) is 13.9 Å². The number of carbonyl (C=O) groups excluding carboxylic acids is 2. The lowest BCUT2D eigenvalue weighted by Crippen LogP contribution is -2.56. The molecule has 1 N–H and O–H groups in total. The largest absolute Gasteiger partial charge is 0.496 e. The summed E-state index contributed by atoms with van der Waals surface area (Å²) in [6, 6.07) is 27.4. The zero-order chi connectivity index (χ0) is 34.4. The third-order valence-electron chi connectivity index (χ3n) is 7.32. The van der Waals surface area contributed by atoms with Crippen LogP contribution in [0.25, 0.3) is 0 Å². The van der Waals surface area contributed by atoms with Gasteiger partial charge >= 0.3 is 0 Å². The summed E-state index contributed by atoms with van der Waals surface area (Å²) in [7, 11) is -2.77. The van der Waals surface area contributed by atoms with Gasteiger partial charge in [0.15, 0.2) is 0 Å². The molecule has 0 aromatic heterocycles. The van der Waals surface area contributed by atoms with E-state index < -0.39 is 34.1 Å². The molecular formula is C36H39Br2N3O5S. The second-order valence-corrected chi connectivity index (χ2v) is 15.9. The monoisotopic (exact) mass is 783 g/mol. The Morgan fingerprint density at radius 2 is 1.53 bits per heavy atom. The molecule has 0 radical (unpaired) electrons. The lowest BCUT2D eigenvalue weighted by Gasteiger charge is -2.35. The number of nitrogens with one attached hydrogen (secondary N) is 1. The summed E-state index contributed by atoms with van der Waals surface area (Å²) in [6.07, 6.45) is 0.227. The number of halogens is 2. The fourth-order valence-electron chi connectivity index (χ4n) is 5.01. The van der Waals surface area contributed by atoms with E-state index in [4.69, 9.17) is 4.74 Å². The number of carbonyl (C=O) groups is 2. The Hall–Kier alpha value is -3.67. The van der Waals surface area contributed by atoms with Crippen LogP contribution in [0, 0.1) is 6.92 Å². The maximum absolute atomic E-state index is 14.6. The number of nitrogens with zero attached hydrogens (tertiary/aromatic N) is 2. The van der Waals surface area contributed by atoms with Gasteiger partial charge in [-0.2, -0.15) is 0 Å². The van der Waals surface area contributed by atoms with Crippen LogP contribution in [-0.2, 0) is 32.6 Å². The molecule has 0 unspecified atom stereocenters. The standard InChI is InChI=1S/C36H39Br2N3O5S/c1-25-14-16-29(17-15-25)41(47(44,45)30-18-19-33(46-5)31(38)22-30)24-34(42)40(23-27-12-9-13-28(37)20-27)32(35(43)39-36(2,3)4)21-26-10-7-6-8-11-26/h6-20,22,32H,21,23-24H2,1-5H3,(H,39,43)/t32-/m0/s1. The average molecular weight is 786 g/mol. The Kier molecular flexibility index (Phi) is 11.9. The van der Waals surface area contributed by atoms with Gasteiger partial charge in [0, 0.05) is 23.0 Å². The summed E-state index contributed by atoms with van der Waals surface area (Å²) in [6.45, 7) is 7.06. The molecule has 248 valence electrons. The van der Waals surface area contributed by atoms with Crippen LogP contribution >= 0.6 is 31.9 Å². The summed E-state index contributed by atoms with van der Waals surface area (Å²) in [5.41, 5.74) is 2.31. The normalized spacial score (nSPS) is 12.2. The molecule has 4 aromatic rings. The number of amides is 2. The lowest BCUT2D eigenvalue weighted by atomic mass is 10.0. The number of methoxy groups -OCH3 is 1. The van der Waals surface area contributed by atoms with Gasteiger partial charge < -0.3 is 15.0 Å².